The van der Waals surface area contributed by atoms with Gasteiger partial charge in [0.25, 0.3) is 0 Å². The van der Waals surface area contributed by atoms with Crippen molar-refractivity contribution < 1.29 is 4.39 Å². The van der Waals surface area contributed by atoms with Gasteiger partial charge in [-0.2, -0.15) is 5.26 Å². The minimum absolute atomic E-state index is 0.290. The lowest BCUT2D eigenvalue weighted by molar-refractivity contribution is 0.544. The Balaban J connectivity index is 0.000000648. The standard InChI is InChI=1S/C14H17BrFN3S.C4H10/c1-14(8-17,9-2-3-9)20-7-13(19-18)11-6-10(15)4-5-12(11)16;1-4(2)3/h4-6,9,13,19H,2-3,7,18H2,1H3;4H,1-3H3. The van der Waals surface area contributed by atoms with Gasteiger partial charge in [0.15, 0.2) is 0 Å². The van der Waals surface area contributed by atoms with Crippen LogP contribution >= 0.6 is 27.7 Å². The molecule has 1 aromatic carbocycles. The predicted molar refractivity (Wildman–Crippen MR) is 104 cm³/mol. The maximum atomic E-state index is 13.9. The van der Waals surface area contributed by atoms with Crippen LogP contribution in [0, 0.1) is 29.0 Å². The van der Waals surface area contributed by atoms with E-state index >= 15 is 0 Å². The Morgan fingerprint density at radius 3 is 2.50 bits per heavy atom. The van der Waals surface area contributed by atoms with Crippen LogP contribution in [0.4, 0.5) is 4.39 Å². The average Bonchev–Trinajstić information content (AvgIpc) is 3.35. The minimum atomic E-state index is -0.405. The summed E-state index contributed by atoms with van der Waals surface area (Å²) in [5.41, 5.74) is 3.17. The smallest absolute Gasteiger partial charge is 0.128 e. The van der Waals surface area contributed by atoms with Crippen molar-refractivity contribution in [2.45, 2.75) is 51.3 Å². The number of nitriles is 1. The van der Waals surface area contributed by atoms with E-state index in [4.69, 9.17) is 5.84 Å². The van der Waals surface area contributed by atoms with Gasteiger partial charge >= 0.3 is 0 Å². The van der Waals surface area contributed by atoms with Crippen LogP contribution in [0.15, 0.2) is 22.7 Å². The summed E-state index contributed by atoms with van der Waals surface area (Å²) in [4.78, 5) is 0. The van der Waals surface area contributed by atoms with Crippen LogP contribution in [0.2, 0.25) is 0 Å². The van der Waals surface area contributed by atoms with Crippen molar-refractivity contribution >= 4 is 27.7 Å². The third-order valence-corrected chi connectivity index (χ3v) is 5.68. The number of nitrogens with two attached hydrogens (primary N) is 1. The molecular weight excluding hydrogens is 389 g/mol. The van der Waals surface area contributed by atoms with Crippen molar-refractivity contribution in [3.8, 4) is 6.07 Å². The molecule has 0 radical (unpaired) electrons. The van der Waals surface area contributed by atoms with Crippen molar-refractivity contribution in [2.75, 3.05) is 5.75 Å². The Morgan fingerprint density at radius 2 is 2.04 bits per heavy atom. The van der Waals surface area contributed by atoms with Crippen LogP contribution in [0.1, 0.15) is 52.1 Å². The molecule has 0 heterocycles. The first-order chi connectivity index (χ1) is 11.2. The Labute approximate surface area is 157 Å². The molecular formula is C18H27BrFN3S. The maximum absolute atomic E-state index is 13.9. The average molecular weight is 416 g/mol. The number of hydrogen-bond donors (Lipinski definition) is 2. The molecule has 3 nitrogen and oxygen atoms in total. The zero-order valence-electron chi connectivity index (χ0n) is 14.8. The molecule has 1 fully saturated rings. The van der Waals surface area contributed by atoms with E-state index in [0.29, 0.717) is 17.2 Å². The molecule has 0 saturated heterocycles. The minimum Gasteiger partial charge on any atom is -0.271 e. The normalized spacial score (nSPS) is 17.5. The largest absolute Gasteiger partial charge is 0.271 e. The van der Waals surface area contributed by atoms with Gasteiger partial charge in [0, 0.05) is 15.8 Å². The van der Waals surface area contributed by atoms with Crippen molar-refractivity contribution in [3.63, 3.8) is 0 Å². The Hall–Kier alpha value is -0.610. The SMILES string of the molecule is CC(C#N)(SCC(NN)c1cc(Br)ccc1F)C1CC1.CC(C)C. The molecule has 0 amide bonds. The molecule has 1 saturated carbocycles. The number of hydrogen-bond acceptors (Lipinski definition) is 4. The van der Waals surface area contributed by atoms with E-state index in [9.17, 15) is 9.65 Å². The van der Waals surface area contributed by atoms with Gasteiger partial charge in [0.1, 0.15) is 10.6 Å². The highest BCUT2D eigenvalue weighted by atomic mass is 79.9. The molecule has 24 heavy (non-hydrogen) atoms. The van der Waals surface area contributed by atoms with Crippen LogP contribution in [0.25, 0.3) is 0 Å². The number of rotatable bonds is 6. The fourth-order valence-corrected chi connectivity index (χ4v) is 3.84. The van der Waals surface area contributed by atoms with E-state index in [2.05, 4.69) is 48.2 Å². The highest BCUT2D eigenvalue weighted by Gasteiger charge is 2.42. The van der Waals surface area contributed by atoms with Crippen molar-refractivity contribution in [1.82, 2.24) is 5.43 Å². The Kier molecular flexibility index (Phi) is 8.72. The predicted octanol–water partition coefficient (Wildman–Crippen LogP) is 5.18. The lowest BCUT2D eigenvalue weighted by Crippen LogP contribution is -2.32. The van der Waals surface area contributed by atoms with Gasteiger partial charge in [-0.15, -0.1) is 11.8 Å². The molecule has 0 spiro atoms. The third-order valence-electron chi connectivity index (χ3n) is 3.66. The number of nitrogens with one attached hydrogen (secondary N) is 1. The number of hydrazine groups is 1. The summed E-state index contributed by atoms with van der Waals surface area (Å²) in [7, 11) is 0. The molecule has 0 bridgehead atoms. The van der Waals surface area contributed by atoms with E-state index in [-0.39, 0.29) is 11.9 Å². The third kappa shape index (κ3) is 6.72. The number of benzene rings is 1. The lowest BCUT2D eigenvalue weighted by Gasteiger charge is -2.24. The number of nitrogens with zero attached hydrogens (tertiary/aromatic N) is 1. The molecule has 1 aliphatic rings. The monoisotopic (exact) mass is 415 g/mol. The summed E-state index contributed by atoms with van der Waals surface area (Å²) in [6.07, 6.45) is 2.20. The first-order valence-corrected chi connectivity index (χ1v) is 9.97. The summed E-state index contributed by atoms with van der Waals surface area (Å²) >= 11 is 4.89. The first kappa shape index (κ1) is 21.4. The van der Waals surface area contributed by atoms with Gasteiger partial charge in [0.05, 0.1) is 12.1 Å². The highest BCUT2D eigenvalue weighted by molar-refractivity contribution is 9.10. The molecule has 134 valence electrons. The van der Waals surface area contributed by atoms with E-state index in [1.54, 1.807) is 23.9 Å². The molecule has 2 unspecified atom stereocenters. The van der Waals surface area contributed by atoms with E-state index in [0.717, 1.165) is 23.2 Å². The van der Waals surface area contributed by atoms with Gasteiger partial charge in [-0.3, -0.25) is 11.3 Å². The van der Waals surface area contributed by atoms with Crippen LogP contribution < -0.4 is 11.3 Å². The van der Waals surface area contributed by atoms with Gasteiger partial charge < -0.3 is 0 Å². The summed E-state index contributed by atoms with van der Waals surface area (Å²) in [6, 6.07) is 6.87. The fourth-order valence-electron chi connectivity index (χ4n) is 2.14. The topological polar surface area (TPSA) is 61.8 Å². The van der Waals surface area contributed by atoms with Crippen LogP contribution in [0.5, 0.6) is 0 Å². The first-order valence-electron chi connectivity index (χ1n) is 8.19. The van der Waals surface area contributed by atoms with Crippen LogP contribution in [-0.4, -0.2) is 10.5 Å². The fraction of sp³-hybridized carbons (Fsp3) is 0.611. The number of halogens is 2. The second-order valence-corrected chi connectivity index (χ2v) is 9.31. The van der Waals surface area contributed by atoms with Gasteiger partial charge in [-0.25, -0.2) is 4.39 Å². The molecule has 1 aliphatic carbocycles. The van der Waals surface area contributed by atoms with Crippen molar-refractivity contribution in [1.29, 1.82) is 5.26 Å². The molecule has 6 heteroatoms. The summed E-state index contributed by atoms with van der Waals surface area (Å²) < 4.78 is 14.3. The second-order valence-electron chi connectivity index (χ2n) is 6.92. The molecule has 2 atom stereocenters. The molecule has 1 aromatic rings. The summed E-state index contributed by atoms with van der Waals surface area (Å²) in [6.45, 7) is 8.46. The van der Waals surface area contributed by atoms with E-state index < -0.39 is 4.75 Å². The van der Waals surface area contributed by atoms with Crippen molar-refractivity contribution in [2.24, 2.45) is 17.7 Å². The highest BCUT2D eigenvalue weighted by Crippen LogP contribution is 2.47. The number of thioether (sulfide) groups is 1. The van der Waals surface area contributed by atoms with Crippen molar-refractivity contribution in [3.05, 3.63) is 34.1 Å². The Morgan fingerprint density at radius 1 is 1.46 bits per heavy atom. The van der Waals surface area contributed by atoms with Gasteiger partial charge in [-0.05, 0) is 49.8 Å². The molecule has 2 rings (SSSR count). The van der Waals surface area contributed by atoms with Gasteiger partial charge in [-0.1, -0.05) is 36.7 Å². The Bertz CT molecular complexity index is 569. The molecule has 3 N–H and O–H groups in total. The second kappa shape index (κ2) is 9.76. The lowest BCUT2D eigenvalue weighted by atomic mass is 10.1. The van der Waals surface area contributed by atoms with Crippen LogP contribution in [-0.2, 0) is 0 Å². The summed E-state index contributed by atoms with van der Waals surface area (Å²) in [5, 5.41) is 9.35. The molecule has 0 aliphatic heterocycles. The zero-order chi connectivity index (χ0) is 18.3. The maximum Gasteiger partial charge on any atom is 0.128 e. The van der Waals surface area contributed by atoms with Gasteiger partial charge in [0.2, 0.25) is 0 Å². The van der Waals surface area contributed by atoms with E-state index in [1.807, 2.05) is 6.92 Å². The quantitative estimate of drug-likeness (QED) is 0.496. The van der Waals surface area contributed by atoms with E-state index in [1.165, 1.54) is 6.07 Å². The molecule has 0 aromatic heterocycles. The van der Waals surface area contributed by atoms with Crippen LogP contribution in [0.3, 0.4) is 0 Å². The summed E-state index contributed by atoms with van der Waals surface area (Å²) in [5.74, 6) is 7.11. The zero-order valence-corrected chi connectivity index (χ0v) is 17.2.